The van der Waals surface area contributed by atoms with Crippen LogP contribution in [0.4, 0.5) is 0 Å². The number of aromatic nitrogens is 2. The molecule has 1 heterocycles. The molecule has 0 atom stereocenters. The zero-order chi connectivity index (χ0) is 15.2. The van der Waals surface area contributed by atoms with Crippen molar-refractivity contribution < 1.29 is 9.90 Å². The van der Waals surface area contributed by atoms with E-state index in [1.807, 2.05) is 12.1 Å². The Morgan fingerprint density at radius 1 is 1.43 bits per heavy atom. The Morgan fingerprint density at radius 3 is 2.71 bits per heavy atom. The summed E-state index contributed by atoms with van der Waals surface area (Å²) in [6.07, 6.45) is 3.41. The van der Waals surface area contributed by atoms with Crippen molar-refractivity contribution in [3.8, 4) is 0 Å². The summed E-state index contributed by atoms with van der Waals surface area (Å²) in [5.41, 5.74) is 2.08. The van der Waals surface area contributed by atoms with Crippen LogP contribution in [0, 0.1) is 5.41 Å². The van der Waals surface area contributed by atoms with Crippen LogP contribution in [0.5, 0.6) is 0 Å². The Kier molecular flexibility index (Phi) is 3.27. The number of hydrogen-bond donors (Lipinski definition) is 1. The van der Waals surface area contributed by atoms with E-state index in [1.54, 1.807) is 6.07 Å². The fraction of sp³-hybridized carbons (Fsp3) is 0.529. The number of imidazole rings is 1. The number of nitrogens with zero attached hydrogens (tertiary/aromatic N) is 2. The second kappa shape index (κ2) is 4.86. The van der Waals surface area contributed by atoms with E-state index in [4.69, 9.17) is 4.98 Å². The smallest absolute Gasteiger partial charge is 0.337 e. The predicted octanol–water partition coefficient (Wildman–Crippen LogP) is 4.05. The van der Waals surface area contributed by atoms with E-state index >= 15 is 0 Å². The van der Waals surface area contributed by atoms with Crippen molar-refractivity contribution in [2.75, 3.05) is 0 Å². The summed E-state index contributed by atoms with van der Waals surface area (Å²) >= 11 is 0. The van der Waals surface area contributed by atoms with Crippen LogP contribution in [-0.4, -0.2) is 20.6 Å². The summed E-state index contributed by atoms with van der Waals surface area (Å²) in [4.78, 5) is 16.1. The van der Waals surface area contributed by atoms with Crippen molar-refractivity contribution in [3.63, 3.8) is 0 Å². The van der Waals surface area contributed by atoms with Gasteiger partial charge in [0.25, 0.3) is 0 Å². The van der Waals surface area contributed by atoms with Gasteiger partial charge in [0.15, 0.2) is 0 Å². The predicted molar refractivity (Wildman–Crippen MR) is 82.7 cm³/mol. The molecule has 0 bridgehead atoms. The summed E-state index contributed by atoms with van der Waals surface area (Å²) in [6.45, 7) is 7.57. The third-order valence-electron chi connectivity index (χ3n) is 4.52. The average Bonchev–Trinajstić information content (AvgIpc) is 3.22. The minimum atomic E-state index is -0.901. The number of fused-ring (bicyclic) bond motifs is 1. The number of carbonyl (C=O) groups is 1. The maximum atomic E-state index is 11.4. The molecule has 1 fully saturated rings. The van der Waals surface area contributed by atoms with Crippen LogP contribution < -0.4 is 0 Å². The highest BCUT2D eigenvalue weighted by Gasteiger charge is 2.32. The van der Waals surface area contributed by atoms with E-state index in [9.17, 15) is 9.90 Å². The van der Waals surface area contributed by atoms with Gasteiger partial charge in [0.2, 0.25) is 0 Å². The molecule has 112 valence electrons. The quantitative estimate of drug-likeness (QED) is 0.902. The van der Waals surface area contributed by atoms with Crippen molar-refractivity contribution >= 4 is 17.0 Å². The molecule has 1 aromatic heterocycles. The van der Waals surface area contributed by atoms with Crippen molar-refractivity contribution in [3.05, 3.63) is 29.6 Å². The van der Waals surface area contributed by atoms with Gasteiger partial charge in [-0.1, -0.05) is 26.8 Å². The highest BCUT2D eigenvalue weighted by atomic mass is 16.4. The molecule has 21 heavy (non-hydrogen) atoms. The van der Waals surface area contributed by atoms with Gasteiger partial charge < -0.3 is 9.67 Å². The molecule has 1 saturated carbocycles. The molecule has 1 aromatic carbocycles. The number of benzene rings is 1. The van der Waals surface area contributed by atoms with E-state index in [-0.39, 0.29) is 5.41 Å². The molecule has 0 aliphatic heterocycles. The van der Waals surface area contributed by atoms with Gasteiger partial charge in [0, 0.05) is 12.5 Å². The van der Waals surface area contributed by atoms with Gasteiger partial charge in [-0.2, -0.15) is 0 Å². The molecule has 0 radical (unpaired) electrons. The van der Waals surface area contributed by atoms with Crippen LogP contribution in [0.2, 0.25) is 0 Å². The number of para-hydroxylation sites is 1. The van der Waals surface area contributed by atoms with Crippen LogP contribution in [0.3, 0.4) is 0 Å². The molecule has 1 N–H and O–H groups in total. The molecular formula is C17H22N2O2. The summed E-state index contributed by atoms with van der Waals surface area (Å²) in [7, 11) is 0. The molecule has 3 rings (SSSR count). The summed E-state index contributed by atoms with van der Waals surface area (Å²) < 4.78 is 2.25. The standard InChI is InChI=1S/C17H22N2O2/c1-4-17(2,3)10-19-13-7-5-6-12(16(20)21)14(13)18-15(19)11-8-9-11/h5-7,11H,4,8-10H2,1-3H3,(H,20,21). The van der Waals surface area contributed by atoms with Crippen molar-refractivity contribution in [1.82, 2.24) is 9.55 Å². The second-order valence-electron chi connectivity index (χ2n) is 6.83. The van der Waals surface area contributed by atoms with Gasteiger partial charge >= 0.3 is 5.97 Å². The lowest BCUT2D eigenvalue weighted by molar-refractivity contribution is 0.0699. The van der Waals surface area contributed by atoms with Crippen molar-refractivity contribution in [2.24, 2.45) is 5.41 Å². The first-order chi connectivity index (χ1) is 9.93. The minimum Gasteiger partial charge on any atom is -0.478 e. The van der Waals surface area contributed by atoms with Crippen LogP contribution >= 0.6 is 0 Å². The zero-order valence-electron chi connectivity index (χ0n) is 12.9. The summed E-state index contributed by atoms with van der Waals surface area (Å²) in [6, 6.07) is 5.45. The SMILES string of the molecule is CCC(C)(C)Cn1c(C2CC2)nc2c(C(=O)O)cccc21. The van der Waals surface area contributed by atoms with E-state index in [0.29, 0.717) is 17.0 Å². The Hall–Kier alpha value is -1.84. The lowest BCUT2D eigenvalue weighted by Gasteiger charge is -2.24. The number of carboxylic acids is 1. The Morgan fingerprint density at radius 2 is 2.14 bits per heavy atom. The van der Waals surface area contributed by atoms with E-state index < -0.39 is 5.97 Å². The van der Waals surface area contributed by atoms with Crippen molar-refractivity contribution in [2.45, 2.75) is 52.5 Å². The number of rotatable bonds is 5. The van der Waals surface area contributed by atoms with E-state index in [0.717, 1.165) is 37.1 Å². The van der Waals surface area contributed by atoms with Gasteiger partial charge in [0.05, 0.1) is 11.1 Å². The fourth-order valence-corrected chi connectivity index (χ4v) is 2.70. The topological polar surface area (TPSA) is 55.1 Å². The first kappa shape index (κ1) is 14.1. The van der Waals surface area contributed by atoms with Crippen molar-refractivity contribution in [1.29, 1.82) is 0 Å². The number of carboxylic acid groups (broad SMARTS) is 1. The van der Waals surface area contributed by atoms with E-state index in [1.165, 1.54) is 0 Å². The van der Waals surface area contributed by atoms with Crippen LogP contribution in [0.1, 0.15) is 62.1 Å². The molecule has 0 amide bonds. The minimum absolute atomic E-state index is 0.177. The Labute approximate surface area is 124 Å². The van der Waals surface area contributed by atoms with Gasteiger partial charge in [-0.25, -0.2) is 9.78 Å². The van der Waals surface area contributed by atoms with Gasteiger partial charge in [-0.15, -0.1) is 0 Å². The maximum absolute atomic E-state index is 11.4. The molecule has 0 unspecified atom stereocenters. The van der Waals surface area contributed by atoms with Crippen LogP contribution in [-0.2, 0) is 6.54 Å². The third-order valence-corrected chi connectivity index (χ3v) is 4.52. The third kappa shape index (κ3) is 2.55. The van der Waals surface area contributed by atoms with E-state index in [2.05, 4.69) is 25.3 Å². The highest BCUT2D eigenvalue weighted by Crippen LogP contribution is 2.42. The molecule has 4 nitrogen and oxygen atoms in total. The largest absolute Gasteiger partial charge is 0.478 e. The second-order valence-corrected chi connectivity index (χ2v) is 6.83. The number of hydrogen-bond acceptors (Lipinski definition) is 2. The normalized spacial score (nSPS) is 15.6. The molecular weight excluding hydrogens is 264 g/mol. The fourth-order valence-electron chi connectivity index (χ4n) is 2.70. The molecule has 1 aliphatic carbocycles. The first-order valence-electron chi connectivity index (χ1n) is 7.65. The van der Waals surface area contributed by atoms with Crippen LogP contribution in [0.25, 0.3) is 11.0 Å². The summed E-state index contributed by atoms with van der Waals surface area (Å²) in [5.74, 6) is 0.675. The molecule has 4 heteroatoms. The molecule has 0 spiro atoms. The zero-order valence-corrected chi connectivity index (χ0v) is 12.9. The molecule has 2 aromatic rings. The monoisotopic (exact) mass is 286 g/mol. The lowest BCUT2D eigenvalue weighted by atomic mass is 9.90. The Bertz CT molecular complexity index is 696. The molecule has 0 saturated heterocycles. The molecule has 1 aliphatic rings. The average molecular weight is 286 g/mol. The van der Waals surface area contributed by atoms with Gasteiger partial charge in [-0.3, -0.25) is 0 Å². The highest BCUT2D eigenvalue weighted by molar-refractivity contribution is 6.01. The van der Waals surface area contributed by atoms with Gasteiger partial charge in [0.1, 0.15) is 11.3 Å². The summed E-state index contributed by atoms with van der Waals surface area (Å²) in [5, 5.41) is 9.37. The Balaban J connectivity index is 2.18. The number of aromatic carboxylic acids is 1. The van der Waals surface area contributed by atoms with Crippen LogP contribution in [0.15, 0.2) is 18.2 Å². The lowest BCUT2D eigenvalue weighted by Crippen LogP contribution is -2.20. The van der Waals surface area contributed by atoms with Gasteiger partial charge in [-0.05, 0) is 36.8 Å². The first-order valence-corrected chi connectivity index (χ1v) is 7.65. The maximum Gasteiger partial charge on any atom is 0.337 e.